The Labute approximate surface area is 131 Å². The first-order valence-electron chi connectivity index (χ1n) is 6.60. The predicted octanol–water partition coefficient (Wildman–Crippen LogP) is 3.83. The molecule has 2 N–H and O–H groups in total. The summed E-state index contributed by atoms with van der Waals surface area (Å²) in [4.78, 5) is 14.1. The van der Waals surface area contributed by atoms with Gasteiger partial charge < -0.3 is 10.6 Å². The van der Waals surface area contributed by atoms with Crippen molar-refractivity contribution in [3.8, 4) is 0 Å². The second kappa shape index (κ2) is 6.72. The van der Waals surface area contributed by atoms with E-state index in [-0.39, 0.29) is 11.7 Å². The molecule has 0 bridgehead atoms. The lowest BCUT2D eigenvalue weighted by atomic mass is 10.1. The quantitative estimate of drug-likeness (QED) is 0.851. The molecule has 0 spiro atoms. The van der Waals surface area contributed by atoms with E-state index in [1.807, 2.05) is 6.92 Å². The number of amides is 1. The van der Waals surface area contributed by atoms with Crippen molar-refractivity contribution in [1.29, 1.82) is 0 Å². The van der Waals surface area contributed by atoms with E-state index < -0.39 is 0 Å². The molecule has 0 aliphatic heterocycles. The number of nitrogens with two attached hydrogens (primary N) is 1. The maximum Gasteiger partial charge on any atom is 0.254 e. The minimum Gasteiger partial charge on any atom is -0.398 e. The van der Waals surface area contributed by atoms with Gasteiger partial charge in [-0.25, -0.2) is 4.39 Å². The number of anilines is 1. The number of hydrogen-bond acceptors (Lipinski definition) is 2. The van der Waals surface area contributed by atoms with Crippen molar-refractivity contribution in [2.24, 2.45) is 0 Å². The third kappa shape index (κ3) is 3.82. The van der Waals surface area contributed by atoms with Gasteiger partial charge in [-0.1, -0.05) is 12.1 Å². The van der Waals surface area contributed by atoms with Crippen LogP contribution in [0.1, 0.15) is 22.8 Å². The summed E-state index contributed by atoms with van der Waals surface area (Å²) in [5.41, 5.74) is 7.60. The Bertz CT molecular complexity index is 660. The van der Waals surface area contributed by atoms with Gasteiger partial charge in [0.1, 0.15) is 5.82 Å². The molecule has 0 saturated carbocycles. The molecule has 0 aliphatic carbocycles. The van der Waals surface area contributed by atoms with Gasteiger partial charge in [-0.2, -0.15) is 0 Å². The molecule has 0 unspecified atom stereocenters. The molecule has 0 aromatic heterocycles. The van der Waals surface area contributed by atoms with E-state index in [4.69, 9.17) is 5.73 Å². The molecule has 0 saturated heterocycles. The van der Waals surface area contributed by atoms with Gasteiger partial charge >= 0.3 is 0 Å². The molecule has 0 atom stereocenters. The topological polar surface area (TPSA) is 46.3 Å². The summed E-state index contributed by atoms with van der Waals surface area (Å²) in [5.74, 6) is -0.426. The van der Waals surface area contributed by atoms with E-state index in [1.54, 1.807) is 35.2 Å². The molecule has 21 heavy (non-hydrogen) atoms. The summed E-state index contributed by atoms with van der Waals surface area (Å²) in [7, 11) is 0. The van der Waals surface area contributed by atoms with Crippen LogP contribution in [0.25, 0.3) is 0 Å². The summed E-state index contributed by atoms with van der Waals surface area (Å²) in [6.07, 6.45) is 0. The van der Waals surface area contributed by atoms with Crippen LogP contribution in [0.4, 0.5) is 10.1 Å². The Kier molecular flexibility index (Phi) is 4.96. The maximum atomic E-state index is 13.2. The summed E-state index contributed by atoms with van der Waals surface area (Å²) >= 11 is 3.30. The normalized spacial score (nSPS) is 10.4. The summed E-state index contributed by atoms with van der Waals surface area (Å²) in [6.45, 7) is 2.79. The lowest BCUT2D eigenvalue weighted by molar-refractivity contribution is 0.0752. The average Bonchev–Trinajstić information content (AvgIpc) is 2.47. The van der Waals surface area contributed by atoms with E-state index in [0.29, 0.717) is 24.3 Å². The highest BCUT2D eigenvalue weighted by Gasteiger charge is 2.15. The fourth-order valence-electron chi connectivity index (χ4n) is 2.04. The van der Waals surface area contributed by atoms with Crippen LogP contribution in [0.3, 0.4) is 0 Å². The fourth-order valence-corrected chi connectivity index (χ4v) is 2.29. The molecule has 3 nitrogen and oxygen atoms in total. The monoisotopic (exact) mass is 350 g/mol. The fraction of sp³-hybridized carbons (Fsp3) is 0.188. The molecule has 0 aliphatic rings. The van der Waals surface area contributed by atoms with Crippen molar-refractivity contribution in [1.82, 2.24) is 4.90 Å². The molecule has 2 aromatic carbocycles. The smallest absolute Gasteiger partial charge is 0.254 e. The molecule has 5 heteroatoms. The van der Waals surface area contributed by atoms with Crippen molar-refractivity contribution in [2.45, 2.75) is 13.5 Å². The largest absolute Gasteiger partial charge is 0.398 e. The molecule has 0 heterocycles. The lowest BCUT2D eigenvalue weighted by Gasteiger charge is -2.21. The van der Waals surface area contributed by atoms with Crippen LogP contribution >= 0.6 is 15.9 Å². The second-order valence-corrected chi connectivity index (χ2v) is 5.54. The van der Waals surface area contributed by atoms with Crippen molar-refractivity contribution >= 4 is 27.5 Å². The van der Waals surface area contributed by atoms with Crippen LogP contribution in [-0.4, -0.2) is 17.4 Å². The van der Waals surface area contributed by atoms with E-state index in [1.165, 1.54) is 12.1 Å². The summed E-state index contributed by atoms with van der Waals surface area (Å²) in [5, 5.41) is 0. The van der Waals surface area contributed by atoms with Crippen LogP contribution in [-0.2, 0) is 6.54 Å². The summed E-state index contributed by atoms with van der Waals surface area (Å²) in [6, 6.07) is 11.4. The number of benzene rings is 2. The Morgan fingerprint density at radius 1 is 1.29 bits per heavy atom. The number of carbonyl (C=O) groups is 1. The first-order chi connectivity index (χ1) is 10.0. The lowest BCUT2D eigenvalue weighted by Crippen LogP contribution is -2.30. The third-order valence-corrected chi connectivity index (χ3v) is 3.90. The van der Waals surface area contributed by atoms with Crippen LogP contribution in [0.5, 0.6) is 0 Å². The van der Waals surface area contributed by atoms with Gasteiger partial charge in [0, 0.05) is 28.8 Å². The first-order valence-corrected chi connectivity index (χ1v) is 7.39. The van der Waals surface area contributed by atoms with Gasteiger partial charge in [0.2, 0.25) is 0 Å². The van der Waals surface area contributed by atoms with E-state index >= 15 is 0 Å². The molecule has 2 rings (SSSR count). The zero-order chi connectivity index (χ0) is 15.4. The molecule has 1 amide bonds. The van der Waals surface area contributed by atoms with Crippen LogP contribution in [0.15, 0.2) is 46.9 Å². The highest BCUT2D eigenvalue weighted by Crippen LogP contribution is 2.21. The van der Waals surface area contributed by atoms with Crippen molar-refractivity contribution < 1.29 is 9.18 Å². The number of nitrogen functional groups attached to an aromatic ring is 1. The standard InChI is InChI=1S/C16H16BrFN2O/c1-2-20(10-11-4-3-5-13(18)8-11)16(21)12-6-7-14(17)15(19)9-12/h3-9H,2,10,19H2,1H3. The van der Waals surface area contributed by atoms with Gasteiger partial charge in [0.15, 0.2) is 0 Å². The highest BCUT2D eigenvalue weighted by atomic mass is 79.9. The van der Waals surface area contributed by atoms with Gasteiger partial charge in [-0.3, -0.25) is 4.79 Å². The molecular weight excluding hydrogens is 335 g/mol. The Hall–Kier alpha value is -1.88. The number of nitrogens with zero attached hydrogens (tertiary/aromatic N) is 1. The Morgan fingerprint density at radius 3 is 2.67 bits per heavy atom. The first kappa shape index (κ1) is 15.5. The van der Waals surface area contributed by atoms with Gasteiger partial charge in [-0.15, -0.1) is 0 Å². The van der Waals surface area contributed by atoms with Gasteiger partial charge in [0.25, 0.3) is 5.91 Å². The summed E-state index contributed by atoms with van der Waals surface area (Å²) < 4.78 is 14.0. The highest BCUT2D eigenvalue weighted by molar-refractivity contribution is 9.10. The van der Waals surface area contributed by atoms with Crippen LogP contribution < -0.4 is 5.73 Å². The minimum atomic E-state index is -0.302. The molecule has 0 fully saturated rings. The van der Waals surface area contributed by atoms with Crippen LogP contribution in [0.2, 0.25) is 0 Å². The molecule has 0 radical (unpaired) electrons. The van der Waals surface area contributed by atoms with E-state index in [9.17, 15) is 9.18 Å². The van der Waals surface area contributed by atoms with Crippen molar-refractivity contribution in [3.05, 3.63) is 63.9 Å². The number of rotatable bonds is 4. The zero-order valence-corrected chi connectivity index (χ0v) is 13.2. The molecule has 110 valence electrons. The average molecular weight is 351 g/mol. The SMILES string of the molecule is CCN(Cc1cccc(F)c1)C(=O)c1ccc(Br)c(N)c1. The van der Waals surface area contributed by atoms with Crippen molar-refractivity contribution in [2.75, 3.05) is 12.3 Å². The Morgan fingerprint density at radius 2 is 2.05 bits per heavy atom. The second-order valence-electron chi connectivity index (χ2n) is 4.69. The Balaban J connectivity index is 2.20. The van der Waals surface area contributed by atoms with Crippen LogP contribution in [0, 0.1) is 5.82 Å². The molecule has 2 aromatic rings. The van der Waals surface area contributed by atoms with Gasteiger partial charge in [-0.05, 0) is 58.7 Å². The molecular formula is C16H16BrFN2O. The van der Waals surface area contributed by atoms with Gasteiger partial charge in [0.05, 0.1) is 0 Å². The third-order valence-electron chi connectivity index (χ3n) is 3.17. The zero-order valence-electron chi connectivity index (χ0n) is 11.6. The number of halogens is 2. The van der Waals surface area contributed by atoms with E-state index in [2.05, 4.69) is 15.9 Å². The number of hydrogen-bond donors (Lipinski definition) is 1. The van der Waals surface area contributed by atoms with E-state index in [0.717, 1.165) is 10.0 Å². The maximum absolute atomic E-state index is 13.2. The van der Waals surface area contributed by atoms with Crippen molar-refractivity contribution in [3.63, 3.8) is 0 Å². The minimum absolute atomic E-state index is 0.124. The predicted molar refractivity (Wildman–Crippen MR) is 85.4 cm³/mol. The number of carbonyl (C=O) groups excluding carboxylic acids is 1.